The number of carbonyl (C=O) groups excluding carboxylic acids is 1. The van der Waals surface area contributed by atoms with Crippen LogP contribution in [0.2, 0.25) is 5.02 Å². The Morgan fingerprint density at radius 2 is 1.96 bits per heavy atom. The summed E-state index contributed by atoms with van der Waals surface area (Å²) < 4.78 is 0. The van der Waals surface area contributed by atoms with Gasteiger partial charge in [-0.3, -0.25) is 9.89 Å². The Labute approximate surface area is 139 Å². The molecule has 1 heterocycles. The van der Waals surface area contributed by atoms with Crippen molar-refractivity contribution < 1.29 is 4.79 Å². The van der Waals surface area contributed by atoms with Gasteiger partial charge in [-0.1, -0.05) is 35.9 Å². The van der Waals surface area contributed by atoms with Crippen molar-refractivity contribution in [2.75, 3.05) is 5.32 Å². The molecule has 0 fully saturated rings. The SMILES string of the molecule is Cc1ccc(C)c(NC(=O)c2cc(-c3cccc(Cl)c3)n[nH]2)c1. The molecule has 4 nitrogen and oxygen atoms in total. The van der Waals surface area contributed by atoms with Crippen molar-refractivity contribution in [1.29, 1.82) is 0 Å². The summed E-state index contributed by atoms with van der Waals surface area (Å²) in [5, 5.41) is 10.5. The van der Waals surface area contributed by atoms with Crippen LogP contribution in [-0.2, 0) is 0 Å². The summed E-state index contributed by atoms with van der Waals surface area (Å²) in [4.78, 5) is 12.4. The summed E-state index contributed by atoms with van der Waals surface area (Å²) in [5.41, 5.74) is 4.85. The zero-order valence-electron chi connectivity index (χ0n) is 12.9. The van der Waals surface area contributed by atoms with Crippen molar-refractivity contribution in [3.05, 3.63) is 70.4 Å². The molecule has 0 saturated heterocycles. The van der Waals surface area contributed by atoms with Gasteiger partial charge in [0.2, 0.25) is 0 Å². The van der Waals surface area contributed by atoms with Gasteiger partial charge in [0.1, 0.15) is 5.69 Å². The van der Waals surface area contributed by atoms with Crippen LogP contribution in [0.5, 0.6) is 0 Å². The van der Waals surface area contributed by atoms with Gasteiger partial charge >= 0.3 is 0 Å². The van der Waals surface area contributed by atoms with Gasteiger partial charge in [-0.05, 0) is 49.2 Å². The maximum absolute atomic E-state index is 12.4. The standard InChI is InChI=1S/C18H16ClN3O/c1-11-6-7-12(2)15(8-11)20-18(23)17-10-16(21-22-17)13-4-3-5-14(19)9-13/h3-10H,1-2H3,(H,20,23)(H,21,22). The Kier molecular flexibility index (Phi) is 4.17. The van der Waals surface area contributed by atoms with Crippen molar-refractivity contribution in [2.45, 2.75) is 13.8 Å². The lowest BCUT2D eigenvalue weighted by Crippen LogP contribution is -2.13. The van der Waals surface area contributed by atoms with Crippen molar-refractivity contribution in [1.82, 2.24) is 10.2 Å². The number of aromatic amines is 1. The first-order valence-electron chi connectivity index (χ1n) is 7.23. The highest BCUT2D eigenvalue weighted by atomic mass is 35.5. The molecule has 0 spiro atoms. The predicted octanol–water partition coefficient (Wildman–Crippen LogP) is 4.60. The van der Waals surface area contributed by atoms with E-state index in [0.29, 0.717) is 16.4 Å². The number of benzene rings is 2. The van der Waals surface area contributed by atoms with E-state index >= 15 is 0 Å². The largest absolute Gasteiger partial charge is 0.320 e. The van der Waals surface area contributed by atoms with E-state index in [1.54, 1.807) is 12.1 Å². The molecule has 0 atom stereocenters. The van der Waals surface area contributed by atoms with Crippen LogP contribution in [0.1, 0.15) is 21.6 Å². The summed E-state index contributed by atoms with van der Waals surface area (Å²) in [6.45, 7) is 3.95. The molecule has 0 aliphatic heterocycles. The van der Waals surface area contributed by atoms with Crippen LogP contribution in [-0.4, -0.2) is 16.1 Å². The number of rotatable bonds is 3. The fourth-order valence-electron chi connectivity index (χ4n) is 2.29. The quantitative estimate of drug-likeness (QED) is 0.739. The highest BCUT2D eigenvalue weighted by Gasteiger charge is 2.12. The third-order valence-electron chi connectivity index (χ3n) is 3.58. The van der Waals surface area contributed by atoms with Crippen LogP contribution < -0.4 is 5.32 Å². The summed E-state index contributed by atoms with van der Waals surface area (Å²) in [6, 6.07) is 15.0. The molecule has 2 aromatic carbocycles. The molecule has 116 valence electrons. The highest BCUT2D eigenvalue weighted by Crippen LogP contribution is 2.22. The summed E-state index contributed by atoms with van der Waals surface area (Å²) in [7, 11) is 0. The first kappa shape index (κ1) is 15.3. The van der Waals surface area contributed by atoms with Crippen LogP contribution in [0.3, 0.4) is 0 Å². The van der Waals surface area contributed by atoms with Crippen LogP contribution in [0.25, 0.3) is 11.3 Å². The third kappa shape index (κ3) is 3.43. The molecule has 2 N–H and O–H groups in total. The van der Waals surface area contributed by atoms with E-state index in [1.807, 2.05) is 50.2 Å². The van der Waals surface area contributed by atoms with Gasteiger partial charge in [0, 0.05) is 16.3 Å². The van der Waals surface area contributed by atoms with Crippen LogP contribution in [0.4, 0.5) is 5.69 Å². The minimum Gasteiger partial charge on any atom is -0.320 e. The Morgan fingerprint density at radius 3 is 2.74 bits per heavy atom. The Hall–Kier alpha value is -2.59. The number of hydrogen-bond donors (Lipinski definition) is 2. The maximum Gasteiger partial charge on any atom is 0.273 e. The van der Waals surface area contributed by atoms with E-state index in [0.717, 1.165) is 22.4 Å². The molecule has 3 rings (SSSR count). The number of H-pyrrole nitrogens is 1. The van der Waals surface area contributed by atoms with E-state index in [9.17, 15) is 4.79 Å². The first-order chi connectivity index (χ1) is 11.0. The van der Waals surface area contributed by atoms with Gasteiger partial charge in [0.25, 0.3) is 5.91 Å². The lowest BCUT2D eigenvalue weighted by molar-refractivity contribution is 0.102. The van der Waals surface area contributed by atoms with Crippen LogP contribution >= 0.6 is 11.6 Å². The van der Waals surface area contributed by atoms with Crippen LogP contribution in [0.15, 0.2) is 48.5 Å². The summed E-state index contributed by atoms with van der Waals surface area (Å²) >= 11 is 5.99. The van der Waals surface area contributed by atoms with Crippen molar-refractivity contribution in [2.24, 2.45) is 0 Å². The van der Waals surface area contributed by atoms with E-state index in [4.69, 9.17) is 11.6 Å². The topological polar surface area (TPSA) is 57.8 Å². The van der Waals surface area contributed by atoms with E-state index in [-0.39, 0.29) is 5.91 Å². The number of nitrogens with zero attached hydrogens (tertiary/aromatic N) is 1. The molecule has 23 heavy (non-hydrogen) atoms. The Balaban J connectivity index is 1.82. The maximum atomic E-state index is 12.4. The lowest BCUT2D eigenvalue weighted by atomic mass is 10.1. The number of halogens is 1. The van der Waals surface area contributed by atoms with Crippen molar-refractivity contribution in [3.63, 3.8) is 0 Å². The monoisotopic (exact) mass is 325 g/mol. The average Bonchev–Trinajstić information content (AvgIpc) is 3.01. The number of aryl methyl sites for hydroxylation is 2. The highest BCUT2D eigenvalue weighted by molar-refractivity contribution is 6.30. The Bertz CT molecular complexity index is 870. The molecule has 0 unspecified atom stereocenters. The Morgan fingerprint density at radius 1 is 1.13 bits per heavy atom. The minimum absolute atomic E-state index is 0.223. The normalized spacial score (nSPS) is 10.6. The molecule has 0 saturated carbocycles. The zero-order valence-corrected chi connectivity index (χ0v) is 13.6. The number of carbonyl (C=O) groups is 1. The van der Waals surface area contributed by atoms with Crippen LogP contribution in [0, 0.1) is 13.8 Å². The smallest absolute Gasteiger partial charge is 0.273 e. The number of amides is 1. The molecule has 1 aromatic heterocycles. The minimum atomic E-state index is -0.223. The predicted molar refractivity (Wildman–Crippen MR) is 92.9 cm³/mol. The lowest BCUT2D eigenvalue weighted by Gasteiger charge is -2.08. The molecule has 0 radical (unpaired) electrons. The number of aromatic nitrogens is 2. The van der Waals surface area contributed by atoms with Crippen molar-refractivity contribution in [3.8, 4) is 11.3 Å². The molecule has 0 aliphatic carbocycles. The molecular weight excluding hydrogens is 310 g/mol. The second-order valence-electron chi connectivity index (χ2n) is 5.45. The van der Waals surface area contributed by atoms with Gasteiger partial charge in [-0.2, -0.15) is 5.10 Å². The summed E-state index contributed by atoms with van der Waals surface area (Å²) in [6.07, 6.45) is 0. The number of hydrogen-bond acceptors (Lipinski definition) is 2. The fourth-order valence-corrected chi connectivity index (χ4v) is 2.48. The molecule has 1 amide bonds. The molecule has 5 heteroatoms. The van der Waals surface area contributed by atoms with Gasteiger partial charge in [-0.15, -0.1) is 0 Å². The van der Waals surface area contributed by atoms with Gasteiger partial charge in [-0.25, -0.2) is 0 Å². The zero-order chi connectivity index (χ0) is 16.4. The molecule has 0 aliphatic rings. The third-order valence-corrected chi connectivity index (χ3v) is 3.82. The van der Waals surface area contributed by atoms with Gasteiger partial charge in [0.15, 0.2) is 0 Å². The first-order valence-corrected chi connectivity index (χ1v) is 7.61. The molecular formula is C18H16ClN3O. The molecule has 0 bridgehead atoms. The van der Waals surface area contributed by atoms with E-state index in [2.05, 4.69) is 15.5 Å². The van der Waals surface area contributed by atoms with E-state index < -0.39 is 0 Å². The second kappa shape index (κ2) is 6.26. The fraction of sp³-hybridized carbons (Fsp3) is 0.111. The van der Waals surface area contributed by atoms with Gasteiger partial charge in [0.05, 0.1) is 5.69 Å². The summed E-state index contributed by atoms with van der Waals surface area (Å²) in [5.74, 6) is -0.223. The molecule has 3 aromatic rings. The number of anilines is 1. The van der Waals surface area contributed by atoms with Gasteiger partial charge < -0.3 is 5.32 Å². The van der Waals surface area contributed by atoms with Crippen molar-refractivity contribution >= 4 is 23.2 Å². The average molecular weight is 326 g/mol. The number of nitrogens with one attached hydrogen (secondary N) is 2. The van der Waals surface area contributed by atoms with E-state index in [1.165, 1.54) is 0 Å². The second-order valence-corrected chi connectivity index (χ2v) is 5.89.